The molecule has 1 N–H and O–H groups in total. The Balaban J connectivity index is 1.95. The lowest BCUT2D eigenvalue weighted by atomic mass is 9.87. The van der Waals surface area contributed by atoms with Crippen LogP contribution in [-0.2, 0) is 12.8 Å². The first-order valence-corrected chi connectivity index (χ1v) is 7.11. The number of benzene rings is 1. The first-order valence-electron chi connectivity index (χ1n) is 7.11. The van der Waals surface area contributed by atoms with Gasteiger partial charge in [0, 0.05) is 12.8 Å². The highest BCUT2D eigenvalue weighted by atomic mass is 16.4. The first kappa shape index (κ1) is 14.2. The molecule has 0 saturated carbocycles. The molecule has 0 aliphatic heterocycles. The molecule has 2 heterocycles. The Morgan fingerprint density at radius 1 is 0.909 bits per heavy atom. The van der Waals surface area contributed by atoms with Crippen LogP contribution < -0.4 is 0 Å². The number of rotatable bonds is 6. The molecule has 2 aromatic heterocycles. The molecule has 0 aliphatic carbocycles. The van der Waals surface area contributed by atoms with Crippen LogP contribution in [-0.4, -0.2) is 11.1 Å². The highest BCUT2D eigenvalue weighted by molar-refractivity contribution is 5.89. The summed E-state index contributed by atoms with van der Waals surface area (Å²) in [5.41, 5.74) is 1.12. The predicted octanol–water partition coefficient (Wildman–Crippen LogP) is 4.14. The monoisotopic (exact) mass is 296 g/mol. The Labute approximate surface area is 128 Å². The van der Waals surface area contributed by atoms with Crippen LogP contribution in [0.25, 0.3) is 0 Å². The van der Waals surface area contributed by atoms with Crippen molar-refractivity contribution in [2.75, 3.05) is 0 Å². The van der Waals surface area contributed by atoms with Crippen LogP contribution in [0.1, 0.15) is 33.4 Å². The van der Waals surface area contributed by atoms with Gasteiger partial charge in [-0.2, -0.15) is 0 Å². The maximum Gasteiger partial charge on any atom is 0.335 e. The van der Waals surface area contributed by atoms with Crippen LogP contribution in [0, 0.1) is 0 Å². The van der Waals surface area contributed by atoms with E-state index >= 15 is 0 Å². The quantitative estimate of drug-likeness (QED) is 0.742. The molecular formula is C18H16O4. The van der Waals surface area contributed by atoms with Gasteiger partial charge in [0.2, 0.25) is 0 Å². The SMILES string of the molecule is O=C(O)c1ccccc1C(Cc1ccco1)Cc1ccco1. The zero-order chi connectivity index (χ0) is 15.4. The average molecular weight is 296 g/mol. The van der Waals surface area contributed by atoms with E-state index in [-0.39, 0.29) is 5.92 Å². The number of hydrogen-bond acceptors (Lipinski definition) is 3. The van der Waals surface area contributed by atoms with Gasteiger partial charge >= 0.3 is 5.97 Å². The summed E-state index contributed by atoms with van der Waals surface area (Å²) in [5, 5.41) is 9.42. The molecule has 0 atom stereocenters. The molecule has 3 rings (SSSR count). The van der Waals surface area contributed by atoms with E-state index in [0.717, 1.165) is 17.1 Å². The smallest absolute Gasteiger partial charge is 0.335 e. The number of carboxylic acid groups (broad SMARTS) is 1. The minimum Gasteiger partial charge on any atom is -0.478 e. The van der Waals surface area contributed by atoms with E-state index in [1.807, 2.05) is 36.4 Å². The molecule has 22 heavy (non-hydrogen) atoms. The maximum atomic E-state index is 11.5. The van der Waals surface area contributed by atoms with E-state index < -0.39 is 5.97 Å². The van der Waals surface area contributed by atoms with Crippen LogP contribution in [0.5, 0.6) is 0 Å². The Hall–Kier alpha value is -2.75. The number of carbonyl (C=O) groups is 1. The number of hydrogen-bond donors (Lipinski definition) is 1. The molecule has 1 aromatic carbocycles. The second-order valence-corrected chi connectivity index (χ2v) is 5.16. The fraction of sp³-hybridized carbons (Fsp3) is 0.167. The summed E-state index contributed by atoms with van der Waals surface area (Å²) in [5.74, 6) is 0.720. The van der Waals surface area contributed by atoms with Gasteiger partial charge in [-0.1, -0.05) is 18.2 Å². The molecule has 0 amide bonds. The van der Waals surface area contributed by atoms with Crippen LogP contribution in [0.2, 0.25) is 0 Å². The largest absolute Gasteiger partial charge is 0.478 e. The van der Waals surface area contributed by atoms with Crippen LogP contribution in [0.3, 0.4) is 0 Å². The van der Waals surface area contributed by atoms with Crippen molar-refractivity contribution in [3.8, 4) is 0 Å². The fourth-order valence-corrected chi connectivity index (χ4v) is 2.68. The van der Waals surface area contributed by atoms with Crippen LogP contribution >= 0.6 is 0 Å². The second-order valence-electron chi connectivity index (χ2n) is 5.16. The van der Waals surface area contributed by atoms with Gasteiger partial charge < -0.3 is 13.9 Å². The molecule has 3 aromatic rings. The Morgan fingerprint density at radius 3 is 2.00 bits per heavy atom. The Morgan fingerprint density at radius 2 is 1.50 bits per heavy atom. The third kappa shape index (κ3) is 3.11. The van der Waals surface area contributed by atoms with Gasteiger partial charge in [-0.05, 0) is 41.8 Å². The van der Waals surface area contributed by atoms with E-state index in [1.165, 1.54) is 0 Å². The minimum atomic E-state index is -0.917. The lowest BCUT2D eigenvalue weighted by molar-refractivity contribution is 0.0695. The molecular weight excluding hydrogens is 280 g/mol. The fourth-order valence-electron chi connectivity index (χ4n) is 2.68. The molecule has 112 valence electrons. The third-order valence-corrected chi connectivity index (χ3v) is 3.69. The summed E-state index contributed by atoms with van der Waals surface area (Å²) in [7, 11) is 0. The maximum absolute atomic E-state index is 11.5. The molecule has 0 unspecified atom stereocenters. The minimum absolute atomic E-state index is 0.0235. The zero-order valence-electron chi connectivity index (χ0n) is 11.9. The van der Waals surface area contributed by atoms with E-state index in [0.29, 0.717) is 18.4 Å². The second kappa shape index (κ2) is 6.35. The summed E-state index contributed by atoms with van der Waals surface area (Å²) < 4.78 is 10.9. The van der Waals surface area contributed by atoms with Crippen molar-refractivity contribution in [2.45, 2.75) is 18.8 Å². The van der Waals surface area contributed by atoms with E-state index in [4.69, 9.17) is 8.83 Å². The molecule has 0 bridgehead atoms. The first-order chi connectivity index (χ1) is 10.7. The van der Waals surface area contributed by atoms with Gasteiger partial charge in [0.15, 0.2) is 0 Å². The lowest BCUT2D eigenvalue weighted by Crippen LogP contribution is -2.11. The normalized spacial score (nSPS) is 11.0. The van der Waals surface area contributed by atoms with Gasteiger partial charge in [-0.25, -0.2) is 4.79 Å². The summed E-state index contributed by atoms with van der Waals surface area (Å²) in [6.07, 6.45) is 4.50. The number of aromatic carboxylic acids is 1. The lowest BCUT2D eigenvalue weighted by Gasteiger charge is -2.17. The predicted molar refractivity (Wildman–Crippen MR) is 81.0 cm³/mol. The third-order valence-electron chi connectivity index (χ3n) is 3.69. The van der Waals surface area contributed by atoms with Gasteiger partial charge in [0.25, 0.3) is 0 Å². The molecule has 0 spiro atoms. The Bertz CT molecular complexity index is 690. The van der Waals surface area contributed by atoms with E-state index in [2.05, 4.69) is 0 Å². The van der Waals surface area contributed by atoms with Crippen molar-refractivity contribution in [2.24, 2.45) is 0 Å². The van der Waals surface area contributed by atoms with Gasteiger partial charge in [-0.15, -0.1) is 0 Å². The summed E-state index contributed by atoms with van der Waals surface area (Å²) in [6, 6.07) is 14.6. The molecule has 0 fully saturated rings. The van der Waals surface area contributed by atoms with Crippen molar-refractivity contribution in [3.05, 3.63) is 83.7 Å². The molecule has 0 radical (unpaired) electrons. The molecule has 4 heteroatoms. The van der Waals surface area contributed by atoms with Crippen molar-refractivity contribution in [1.29, 1.82) is 0 Å². The van der Waals surface area contributed by atoms with Gasteiger partial charge in [0.05, 0.1) is 18.1 Å². The van der Waals surface area contributed by atoms with Crippen molar-refractivity contribution >= 4 is 5.97 Å². The number of furan rings is 2. The Kier molecular flexibility index (Phi) is 4.10. The van der Waals surface area contributed by atoms with Crippen molar-refractivity contribution in [3.63, 3.8) is 0 Å². The molecule has 0 aliphatic rings. The summed E-state index contributed by atoms with van der Waals surface area (Å²) in [6.45, 7) is 0. The number of carboxylic acids is 1. The van der Waals surface area contributed by atoms with E-state index in [9.17, 15) is 9.90 Å². The topological polar surface area (TPSA) is 63.6 Å². The molecule has 4 nitrogen and oxygen atoms in total. The standard InChI is InChI=1S/C18H16O4/c19-18(20)17-8-2-1-7-16(17)13(11-14-5-3-9-21-14)12-15-6-4-10-22-15/h1-10,13H,11-12H2,(H,19,20). The highest BCUT2D eigenvalue weighted by Crippen LogP contribution is 2.28. The van der Waals surface area contributed by atoms with Gasteiger partial charge in [0.1, 0.15) is 11.5 Å². The van der Waals surface area contributed by atoms with E-state index in [1.54, 1.807) is 24.7 Å². The summed E-state index contributed by atoms with van der Waals surface area (Å²) in [4.78, 5) is 11.5. The molecule has 0 saturated heterocycles. The van der Waals surface area contributed by atoms with Gasteiger partial charge in [-0.3, -0.25) is 0 Å². The van der Waals surface area contributed by atoms with Crippen molar-refractivity contribution < 1.29 is 18.7 Å². The average Bonchev–Trinajstić information content (AvgIpc) is 3.20. The van der Waals surface area contributed by atoms with Crippen molar-refractivity contribution in [1.82, 2.24) is 0 Å². The summed E-state index contributed by atoms with van der Waals surface area (Å²) >= 11 is 0. The highest BCUT2D eigenvalue weighted by Gasteiger charge is 2.21. The van der Waals surface area contributed by atoms with Crippen LogP contribution in [0.4, 0.5) is 0 Å². The van der Waals surface area contributed by atoms with Crippen LogP contribution in [0.15, 0.2) is 69.9 Å². The zero-order valence-corrected chi connectivity index (χ0v) is 11.9.